The van der Waals surface area contributed by atoms with Crippen LogP contribution in [0.15, 0.2) is 91.0 Å². The maximum absolute atomic E-state index is 14.5. The molecule has 1 heterocycles. The molecule has 4 heteroatoms. The van der Waals surface area contributed by atoms with Crippen LogP contribution in [0.3, 0.4) is 0 Å². The van der Waals surface area contributed by atoms with Gasteiger partial charge >= 0.3 is 0 Å². The SMILES string of the molecule is CCCC(C)(Pc1ccc(F)cc1N1CCCCC1)c1cc(Cc2ccccc2)cc(Cc2ccccc2)c1O. The van der Waals surface area contributed by atoms with Gasteiger partial charge in [-0.3, -0.25) is 0 Å². The monoisotopic (exact) mass is 553 g/mol. The van der Waals surface area contributed by atoms with E-state index in [1.807, 2.05) is 12.1 Å². The normalized spacial score (nSPS) is 15.4. The molecule has 40 heavy (non-hydrogen) atoms. The number of halogens is 1. The number of piperidine rings is 1. The number of rotatable bonds is 10. The topological polar surface area (TPSA) is 23.5 Å². The molecule has 0 aliphatic carbocycles. The second kappa shape index (κ2) is 13.0. The van der Waals surface area contributed by atoms with Crippen LogP contribution in [-0.2, 0) is 18.0 Å². The molecule has 1 aliphatic rings. The van der Waals surface area contributed by atoms with Crippen molar-refractivity contribution in [1.29, 1.82) is 0 Å². The predicted molar refractivity (Wildman–Crippen MR) is 169 cm³/mol. The lowest BCUT2D eigenvalue weighted by Gasteiger charge is -2.36. The summed E-state index contributed by atoms with van der Waals surface area (Å²) in [7, 11) is 0.409. The average molecular weight is 554 g/mol. The van der Waals surface area contributed by atoms with Gasteiger partial charge in [0.15, 0.2) is 0 Å². The van der Waals surface area contributed by atoms with Crippen molar-refractivity contribution in [1.82, 2.24) is 0 Å². The summed E-state index contributed by atoms with van der Waals surface area (Å²) < 4.78 is 14.5. The van der Waals surface area contributed by atoms with Gasteiger partial charge in [0, 0.05) is 35.9 Å². The molecule has 4 aromatic carbocycles. The van der Waals surface area contributed by atoms with Gasteiger partial charge in [-0.15, -0.1) is 0 Å². The summed E-state index contributed by atoms with van der Waals surface area (Å²) >= 11 is 0. The number of anilines is 1. The van der Waals surface area contributed by atoms with E-state index >= 15 is 0 Å². The van der Waals surface area contributed by atoms with Crippen molar-refractivity contribution in [3.05, 3.63) is 125 Å². The van der Waals surface area contributed by atoms with Crippen LogP contribution in [0.2, 0.25) is 0 Å². The lowest BCUT2D eigenvalue weighted by Crippen LogP contribution is -2.33. The van der Waals surface area contributed by atoms with Gasteiger partial charge in [-0.25, -0.2) is 4.39 Å². The number of nitrogens with zero attached hydrogens (tertiary/aromatic N) is 1. The molecule has 1 N–H and O–H groups in total. The van der Waals surface area contributed by atoms with Crippen LogP contribution >= 0.6 is 8.58 Å². The molecule has 0 bridgehead atoms. The summed E-state index contributed by atoms with van der Waals surface area (Å²) in [4.78, 5) is 2.37. The number of hydrogen-bond donors (Lipinski definition) is 1. The molecule has 0 radical (unpaired) electrons. The summed E-state index contributed by atoms with van der Waals surface area (Å²) in [5.74, 6) is 0.231. The Morgan fingerprint density at radius 3 is 2.10 bits per heavy atom. The highest BCUT2D eigenvalue weighted by Gasteiger charge is 2.32. The molecule has 1 aliphatic heterocycles. The van der Waals surface area contributed by atoms with Crippen molar-refractivity contribution in [3.8, 4) is 5.75 Å². The Balaban J connectivity index is 1.58. The second-order valence-corrected chi connectivity index (χ2v) is 13.3. The Morgan fingerprint density at radius 1 is 0.800 bits per heavy atom. The number of phenolic OH excluding ortho intramolecular Hbond substituents is 1. The van der Waals surface area contributed by atoms with Gasteiger partial charge in [0.2, 0.25) is 0 Å². The maximum Gasteiger partial charge on any atom is 0.125 e. The van der Waals surface area contributed by atoms with Crippen molar-refractivity contribution in [2.45, 2.75) is 63.9 Å². The van der Waals surface area contributed by atoms with Crippen molar-refractivity contribution in [3.63, 3.8) is 0 Å². The summed E-state index contributed by atoms with van der Waals surface area (Å²) in [6.45, 7) is 6.47. The van der Waals surface area contributed by atoms with Gasteiger partial charge in [-0.2, -0.15) is 0 Å². The summed E-state index contributed by atoms with van der Waals surface area (Å²) in [6, 6.07) is 30.7. The fourth-order valence-corrected chi connectivity index (χ4v) is 7.95. The van der Waals surface area contributed by atoms with Gasteiger partial charge in [0.1, 0.15) is 11.6 Å². The second-order valence-electron chi connectivity index (χ2n) is 11.4. The van der Waals surface area contributed by atoms with Crippen LogP contribution in [0.25, 0.3) is 0 Å². The summed E-state index contributed by atoms with van der Waals surface area (Å²) in [5.41, 5.74) is 6.68. The number of phenols is 1. The van der Waals surface area contributed by atoms with E-state index in [1.165, 1.54) is 28.4 Å². The first-order valence-electron chi connectivity index (χ1n) is 14.7. The highest BCUT2D eigenvalue weighted by molar-refractivity contribution is 7.49. The fraction of sp³-hybridized carbons (Fsp3) is 0.333. The molecule has 1 saturated heterocycles. The first kappa shape index (κ1) is 28.4. The van der Waals surface area contributed by atoms with Crippen molar-refractivity contribution in [2.24, 2.45) is 0 Å². The average Bonchev–Trinajstić information content (AvgIpc) is 2.97. The summed E-state index contributed by atoms with van der Waals surface area (Å²) in [5, 5.41) is 12.8. The highest BCUT2D eigenvalue weighted by atomic mass is 31.1. The summed E-state index contributed by atoms with van der Waals surface area (Å²) in [6.07, 6.45) is 6.98. The van der Waals surface area contributed by atoms with E-state index in [9.17, 15) is 9.50 Å². The minimum Gasteiger partial charge on any atom is -0.507 e. The molecular weight excluding hydrogens is 512 g/mol. The standard InChI is InChI=1S/C36H41FNOP/c1-3-19-36(2,40-34-18-17-31(37)26-33(34)38-20-11-6-12-21-38)32-25-29(22-27-13-7-4-8-14-27)24-30(35(32)39)23-28-15-9-5-10-16-28/h4-5,7-10,13-18,24-26,39-40H,3,6,11-12,19-23H2,1-2H3. The number of hydrogen-bond acceptors (Lipinski definition) is 2. The number of benzene rings is 4. The molecular formula is C36H41FNOP. The first-order chi connectivity index (χ1) is 19.4. The van der Waals surface area contributed by atoms with E-state index in [0.29, 0.717) is 20.8 Å². The van der Waals surface area contributed by atoms with Gasteiger partial charge in [0.05, 0.1) is 0 Å². The van der Waals surface area contributed by atoms with Crippen molar-refractivity contribution in [2.75, 3.05) is 18.0 Å². The molecule has 0 spiro atoms. The van der Waals surface area contributed by atoms with E-state index in [-0.39, 0.29) is 11.0 Å². The molecule has 0 saturated carbocycles. The minimum absolute atomic E-state index is 0.177. The Morgan fingerprint density at radius 2 is 1.45 bits per heavy atom. The highest BCUT2D eigenvalue weighted by Crippen LogP contribution is 2.50. The van der Waals surface area contributed by atoms with Gasteiger partial charge < -0.3 is 10.0 Å². The molecule has 2 unspecified atom stereocenters. The van der Waals surface area contributed by atoms with Crippen LogP contribution in [0.4, 0.5) is 10.1 Å². The zero-order valence-corrected chi connectivity index (χ0v) is 24.8. The smallest absolute Gasteiger partial charge is 0.125 e. The molecule has 2 atom stereocenters. The van der Waals surface area contributed by atoms with E-state index in [4.69, 9.17) is 0 Å². The van der Waals surface area contributed by atoms with E-state index in [0.717, 1.165) is 62.0 Å². The zero-order chi connectivity index (χ0) is 28.0. The van der Waals surface area contributed by atoms with Crippen molar-refractivity contribution < 1.29 is 9.50 Å². The zero-order valence-electron chi connectivity index (χ0n) is 23.8. The molecule has 4 aromatic rings. The van der Waals surface area contributed by atoms with Crippen LogP contribution in [0.5, 0.6) is 5.75 Å². The Hall–Kier alpha value is -3.16. The quantitative estimate of drug-likeness (QED) is 0.199. The van der Waals surface area contributed by atoms with Crippen LogP contribution in [-0.4, -0.2) is 18.2 Å². The molecule has 2 nitrogen and oxygen atoms in total. The van der Waals surface area contributed by atoms with Crippen LogP contribution in [0, 0.1) is 5.82 Å². The largest absolute Gasteiger partial charge is 0.507 e. The van der Waals surface area contributed by atoms with Gasteiger partial charge in [-0.05, 0) is 77.9 Å². The third-order valence-electron chi connectivity index (χ3n) is 8.15. The van der Waals surface area contributed by atoms with Gasteiger partial charge in [-0.1, -0.05) is 102 Å². The minimum atomic E-state index is -0.278. The third kappa shape index (κ3) is 6.76. The lowest BCUT2D eigenvalue weighted by molar-refractivity contribution is 0.447. The number of aromatic hydroxyl groups is 1. The fourth-order valence-electron chi connectivity index (χ4n) is 6.13. The maximum atomic E-state index is 14.5. The van der Waals surface area contributed by atoms with Gasteiger partial charge in [0.25, 0.3) is 0 Å². The Kier molecular flexibility index (Phi) is 9.22. The Bertz CT molecular complexity index is 1400. The van der Waals surface area contributed by atoms with Crippen molar-refractivity contribution >= 4 is 19.6 Å². The predicted octanol–water partition coefficient (Wildman–Crippen LogP) is 8.72. The van der Waals surface area contributed by atoms with E-state index in [2.05, 4.69) is 85.5 Å². The van der Waals surface area contributed by atoms with Crippen LogP contribution < -0.4 is 10.2 Å². The van der Waals surface area contributed by atoms with E-state index < -0.39 is 0 Å². The first-order valence-corrected chi connectivity index (χ1v) is 15.7. The third-order valence-corrected chi connectivity index (χ3v) is 9.91. The molecule has 0 amide bonds. The lowest BCUT2D eigenvalue weighted by atomic mass is 9.88. The molecule has 1 fully saturated rings. The van der Waals surface area contributed by atoms with Crippen LogP contribution in [0.1, 0.15) is 73.8 Å². The van der Waals surface area contributed by atoms with E-state index in [1.54, 1.807) is 12.1 Å². The Labute approximate surface area is 241 Å². The molecule has 0 aromatic heterocycles. The molecule has 208 valence electrons. The molecule has 5 rings (SSSR count).